The topological polar surface area (TPSA) is 71.2 Å². The highest BCUT2D eigenvalue weighted by molar-refractivity contribution is 5.98. The molecule has 0 radical (unpaired) electrons. The van der Waals surface area contributed by atoms with Gasteiger partial charge in [0.1, 0.15) is 5.75 Å². The zero-order chi connectivity index (χ0) is 14.7. The molecular weight excluding hydrogens is 262 g/mol. The number of fused-ring (bicyclic) bond motifs is 1. The van der Waals surface area contributed by atoms with Crippen LogP contribution in [0.1, 0.15) is 5.56 Å². The van der Waals surface area contributed by atoms with Crippen molar-refractivity contribution in [3.05, 3.63) is 60.3 Å². The van der Waals surface area contributed by atoms with Crippen molar-refractivity contribution in [2.75, 3.05) is 17.6 Å². The fourth-order valence-electron chi connectivity index (χ4n) is 2.34. The van der Waals surface area contributed by atoms with Crippen LogP contribution in [0.4, 0.5) is 11.4 Å². The highest BCUT2D eigenvalue weighted by Crippen LogP contribution is 2.26. The molecule has 2 aromatic carbocycles. The third-order valence-corrected chi connectivity index (χ3v) is 3.47. The van der Waals surface area contributed by atoms with Gasteiger partial charge in [0.25, 0.3) is 0 Å². The Balaban J connectivity index is 1.74. The average Bonchev–Trinajstić information content (AvgIpc) is 2.52. The quantitative estimate of drug-likeness (QED) is 0.641. The van der Waals surface area contributed by atoms with Crippen LogP contribution in [0.15, 0.2) is 54.7 Å². The molecule has 0 aliphatic rings. The van der Waals surface area contributed by atoms with Gasteiger partial charge in [0.05, 0.1) is 11.2 Å². The molecule has 0 amide bonds. The van der Waals surface area contributed by atoms with Crippen LogP contribution < -0.4 is 11.1 Å². The van der Waals surface area contributed by atoms with Crippen LogP contribution >= 0.6 is 0 Å². The van der Waals surface area contributed by atoms with E-state index < -0.39 is 0 Å². The maximum Gasteiger partial charge on any atom is 0.115 e. The fraction of sp³-hybridized carbons (Fsp3) is 0.118. The number of aromatic hydroxyl groups is 1. The number of hydrogen-bond acceptors (Lipinski definition) is 4. The summed E-state index contributed by atoms with van der Waals surface area (Å²) in [4.78, 5) is 4.40. The lowest BCUT2D eigenvalue weighted by molar-refractivity contribution is 0.475. The van der Waals surface area contributed by atoms with E-state index in [-0.39, 0.29) is 0 Å². The number of benzene rings is 2. The summed E-state index contributed by atoms with van der Waals surface area (Å²) in [6, 6.07) is 15.0. The van der Waals surface area contributed by atoms with Crippen LogP contribution in [-0.4, -0.2) is 16.6 Å². The highest BCUT2D eigenvalue weighted by Gasteiger charge is 2.04. The summed E-state index contributed by atoms with van der Waals surface area (Å²) in [5.74, 6) is 0.292. The molecule has 0 saturated heterocycles. The van der Waals surface area contributed by atoms with Gasteiger partial charge in [-0.3, -0.25) is 4.98 Å². The Kier molecular flexibility index (Phi) is 3.60. The fourth-order valence-corrected chi connectivity index (χ4v) is 2.34. The molecule has 1 aromatic heterocycles. The second kappa shape index (κ2) is 5.71. The van der Waals surface area contributed by atoms with Crippen LogP contribution in [0, 0.1) is 0 Å². The summed E-state index contributed by atoms with van der Waals surface area (Å²) < 4.78 is 0. The van der Waals surface area contributed by atoms with E-state index in [0.717, 1.165) is 35.2 Å². The Labute approximate surface area is 123 Å². The Morgan fingerprint density at radius 3 is 2.67 bits per heavy atom. The lowest BCUT2D eigenvalue weighted by Crippen LogP contribution is -2.06. The second-order valence-corrected chi connectivity index (χ2v) is 4.95. The average molecular weight is 279 g/mol. The molecule has 3 rings (SSSR count). The molecule has 0 atom stereocenters. The molecule has 0 saturated carbocycles. The molecule has 4 heteroatoms. The number of nitrogens with zero attached hydrogens (tertiary/aromatic N) is 1. The van der Waals surface area contributed by atoms with Gasteiger partial charge in [-0.25, -0.2) is 0 Å². The smallest absolute Gasteiger partial charge is 0.115 e. The minimum Gasteiger partial charge on any atom is -0.508 e. The molecular formula is C17H17N3O. The predicted molar refractivity (Wildman–Crippen MR) is 86.5 cm³/mol. The van der Waals surface area contributed by atoms with Crippen LogP contribution in [0.5, 0.6) is 5.75 Å². The zero-order valence-electron chi connectivity index (χ0n) is 11.6. The lowest BCUT2D eigenvalue weighted by atomic mass is 10.1. The molecule has 0 fully saturated rings. The monoisotopic (exact) mass is 279 g/mol. The number of nitrogens with two attached hydrogens (primary N) is 1. The van der Waals surface area contributed by atoms with E-state index in [1.165, 1.54) is 5.56 Å². The van der Waals surface area contributed by atoms with Crippen LogP contribution in [0.2, 0.25) is 0 Å². The number of aromatic nitrogens is 1. The van der Waals surface area contributed by atoms with Gasteiger partial charge in [0, 0.05) is 23.8 Å². The normalized spacial score (nSPS) is 10.7. The number of pyridine rings is 1. The number of nitrogens with one attached hydrogen (secondary N) is 1. The SMILES string of the molecule is Nc1ccc(NCCc2ccc(O)cc2)c2ncccc12. The van der Waals surface area contributed by atoms with Gasteiger partial charge in [0.15, 0.2) is 0 Å². The third kappa shape index (κ3) is 2.89. The number of nitrogen functional groups attached to an aromatic ring is 1. The van der Waals surface area contributed by atoms with Crippen molar-refractivity contribution in [3.63, 3.8) is 0 Å². The van der Waals surface area contributed by atoms with Crippen LogP contribution in [0.3, 0.4) is 0 Å². The summed E-state index contributed by atoms with van der Waals surface area (Å²) >= 11 is 0. The molecule has 0 spiro atoms. The van der Waals surface area contributed by atoms with Crippen molar-refractivity contribution in [3.8, 4) is 5.75 Å². The summed E-state index contributed by atoms with van der Waals surface area (Å²) in [6.45, 7) is 0.792. The molecule has 0 bridgehead atoms. The minimum atomic E-state index is 0.292. The van der Waals surface area contributed by atoms with E-state index in [1.54, 1.807) is 18.3 Å². The first kappa shape index (κ1) is 13.2. The van der Waals surface area contributed by atoms with E-state index >= 15 is 0 Å². The van der Waals surface area contributed by atoms with E-state index in [1.807, 2.05) is 36.4 Å². The lowest BCUT2D eigenvalue weighted by Gasteiger charge is -2.10. The summed E-state index contributed by atoms with van der Waals surface area (Å²) in [5, 5.41) is 13.6. The number of anilines is 2. The molecule has 0 aliphatic heterocycles. The Bertz CT molecular complexity index is 754. The first-order chi connectivity index (χ1) is 10.2. The summed E-state index contributed by atoms with van der Waals surface area (Å²) in [6.07, 6.45) is 2.64. The maximum atomic E-state index is 9.27. The maximum absolute atomic E-state index is 9.27. The highest BCUT2D eigenvalue weighted by atomic mass is 16.3. The van der Waals surface area contributed by atoms with E-state index in [0.29, 0.717) is 5.75 Å². The minimum absolute atomic E-state index is 0.292. The molecule has 21 heavy (non-hydrogen) atoms. The summed E-state index contributed by atoms with van der Waals surface area (Å²) in [5.41, 5.74) is 9.76. The number of hydrogen-bond donors (Lipinski definition) is 3. The standard InChI is InChI=1S/C17H17N3O/c18-15-7-8-16(17-14(15)2-1-10-20-17)19-11-9-12-3-5-13(21)6-4-12/h1-8,10,19,21H,9,11,18H2. The van der Waals surface area contributed by atoms with Crippen LogP contribution in [-0.2, 0) is 6.42 Å². The predicted octanol–water partition coefficient (Wildman–Crippen LogP) is 3.18. The molecule has 0 unspecified atom stereocenters. The Morgan fingerprint density at radius 1 is 1.05 bits per heavy atom. The second-order valence-electron chi connectivity index (χ2n) is 4.95. The van der Waals surface area contributed by atoms with E-state index in [4.69, 9.17) is 5.73 Å². The molecule has 1 heterocycles. The van der Waals surface area contributed by atoms with Crippen LogP contribution in [0.25, 0.3) is 10.9 Å². The summed E-state index contributed by atoms with van der Waals surface area (Å²) in [7, 11) is 0. The van der Waals surface area contributed by atoms with Gasteiger partial charge >= 0.3 is 0 Å². The number of phenols is 1. The molecule has 4 N–H and O–H groups in total. The van der Waals surface area contributed by atoms with E-state index in [9.17, 15) is 5.11 Å². The van der Waals surface area contributed by atoms with Gasteiger partial charge in [0.2, 0.25) is 0 Å². The number of phenolic OH excluding ortho intramolecular Hbond substituents is 1. The zero-order valence-corrected chi connectivity index (χ0v) is 11.6. The molecule has 106 valence electrons. The van der Waals surface area contributed by atoms with Crippen molar-refractivity contribution >= 4 is 22.3 Å². The first-order valence-electron chi connectivity index (χ1n) is 6.89. The van der Waals surface area contributed by atoms with Crippen molar-refractivity contribution in [1.29, 1.82) is 0 Å². The molecule has 4 nitrogen and oxygen atoms in total. The number of rotatable bonds is 4. The van der Waals surface area contributed by atoms with Crippen molar-refractivity contribution in [2.24, 2.45) is 0 Å². The van der Waals surface area contributed by atoms with Gasteiger partial charge in [-0.05, 0) is 48.4 Å². The third-order valence-electron chi connectivity index (χ3n) is 3.47. The van der Waals surface area contributed by atoms with Gasteiger partial charge in [-0.2, -0.15) is 0 Å². The first-order valence-corrected chi connectivity index (χ1v) is 6.89. The largest absolute Gasteiger partial charge is 0.508 e. The van der Waals surface area contributed by atoms with Crippen molar-refractivity contribution in [1.82, 2.24) is 4.98 Å². The van der Waals surface area contributed by atoms with Gasteiger partial charge in [-0.15, -0.1) is 0 Å². The molecule has 0 aliphatic carbocycles. The van der Waals surface area contributed by atoms with Crippen molar-refractivity contribution < 1.29 is 5.11 Å². The Morgan fingerprint density at radius 2 is 1.86 bits per heavy atom. The Hall–Kier alpha value is -2.75. The van der Waals surface area contributed by atoms with Gasteiger partial charge in [-0.1, -0.05) is 12.1 Å². The van der Waals surface area contributed by atoms with E-state index in [2.05, 4.69) is 10.3 Å². The van der Waals surface area contributed by atoms with Crippen molar-refractivity contribution in [2.45, 2.75) is 6.42 Å². The van der Waals surface area contributed by atoms with Gasteiger partial charge < -0.3 is 16.2 Å². The molecule has 3 aromatic rings.